The van der Waals surface area contributed by atoms with Crippen LogP contribution < -0.4 is 5.32 Å². The zero-order chi connectivity index (χ0) is 14.8. The number of ether oxygens (including phenoxy) is 1. The zero-order valence-electron chi connectivity index (χ0n) is 12.2. The number of amides is 2. The molecule has 4 fully saturated rings. The Hall–Kier alpha value is -1.63. The molecule has 7 nitrogen and oxygen atoms in total. The van der Waals surface area contributed by atoms with Crippen LogP contribution in [0, 0.1) is 23.7 Å². The van der Waals surface area contributed by atoms with E-state index in [0.717, 1.165) is 26.1 Å². The van der Waals surface area contributed by atoms with Gasteiger partial charge in [0.1, 0.15) is 0 Å². The summed E-state index contributed by atoms with van der Waals surface area (Å²) in [7, 11) is 0. The highest BCUT2D eigenvalue weighted by atomic mass is 16.6. The van der Waals surface area contributed by atoms with Crippen LogP contribution in [0.5, 0.6) is 0 Å². The Kier molecular flexibility index (Phi) is 2.60. The Morgan fingerprint density at radius 3 is 2.68 bits per heavy atom. The van der Waals surface area contributed by atoms with Gasteiger partial charge < -0.3 is 19.8 Å². The molecule has 2 aliphatic carbocycles. The summed E-state index contributed by atoms with van der Waals surface area (Å²) < 4.78 is 5.35. The summed E-state index contributed by atoms with van der Waals surface area (Å²) in [4.78, 5) is 32.0. The average molecular weight is 305 g/mol. The summed E-state index contributed by atoms with van der Waals surface area (Å²) in [5, 5.41) is 6.91. The number of hydrogen-bond donors (Lipinski definition) is 1. The van der Waals surface area contributed by atoms with Gasteiger partial charge in [-0.2, -0.15) is 0 Å². The first-order chi connectivity index (χ1) is 10.7. The van der Waals surface area contributed by atoms with Gasteiger partial charge in [0.15, 0.2) is 11.8 Å². The van der Waals surface area contributed by atoms with Crippen LogP contribution in [0.3, 0.4) is 0 Å². The summed E-state index contributed by atoms with van der Waals surface area (Å²) in [5.41, 5.74) is 0.464. The van der Waals surface area contributed by atoms with Crippen molar-refractivity contribution in [2.24, 2.45) is 28.8 Å². The maximum Gasteiger partial charge on any atom is 0.269 e. The third kappa shape index (κ3) is 1.87. The van der Waals surface area contributed by atoms with E-state index in [9.17, 15) is 9.59 Å². The fourth-order valence-corrected chi connectivity index (χ4v) is 4.03. The lowest BCUT2D eigenvalue weighted by molar-refractivity contribution is -0.133. The van der Waals surface area contributed by atoms with E-state index in [2.05, 4.69) is 10.5 Å². The van der Waals surface area contributed by atoms with Crippen molar-refractivity contribution in [2.75, 3.05) is 26.3 Å². The molecule has 22 heavy (non-hydrogen) atoms. The molecule has 2 saturated carbocycles. The normalized spacial score (nSPS) is 41.5. The van der Waals surface area contributed by atoms with Gasteiger partial charge in [0.2, 0.25) is 5.91 Å². The molecule has 3 aliphatic heterocycles. The molecule has 0 bridgehead atoms. The first-order valence-electron chi connectivity index (χ1n) is 8.13. The van der Waals surface area contributed by atoms with Crippen LogP contribution in [0.2, 0.25) is 0 Å². The van der Waals surface area contributed by atoms with Gasteiger partial charge in [0.05, 0.1) is 25.7 Å². The highest BCUT2D eigenvalue weighted by Crippen LogP contribution is 2.52. The Morgan fingerprint density at radius 2 is 1.95 bits per heavy atom. The van der Waals surface area contributed by atoms with Crippen molar-refractivity contribution < 1.29 is 19.2 Å². The van der Waals surface area contributed by atoms with E-state index in [1.165, 1.54) is 0 Å². The molecular formula is C15H19N3O4. The summed E-state index contributed by atoms with van der Waals surface area (Å²) >= 11 is 0. The predicted molar refractivity (Wildman–Crippen MR) is 74.8 cm³/mol. The number of nitrogens with zero attached hydrogens (tertiary/aromatic N) is 2. The maximum absolute atomic E-state index is 12.6. The molecule has 0 spiro atoms. The van der Waals surface area contributed by atoms with Crippen LogP contribution in [-0.2, 0) is 19.2 Å². The summed E-state index contributed by atoms with van der Waals surface area (Å²) in [6.07, 6.45) is 1.94. The first-order valence-corrected chi connectivity index (χ1v) is 8.13. The van der Waals surface area contributed by atoms with Crippen molar-refractivity contribution in [1.82, 2.24) is 10.2 Å². The van der Waals surface area contributed by atoms with E-state index in [-0.39, 0.29) is 29.8 Å². The highest BCUT2D eigenvalue weighted by molar-refractivity contribution is 6.40. The lowest BCUT2D eigenvalue weighted by Gasteiger charge is -2.17. The van der Waals surface area contributed by atoms with Crippen LogP contribution >= 0.6 is 0 Å². The second kappa shape index (κ2) is 4.44. The van der Waals surface area contributed by atoms with Gasteiger partial charge in [0.25, 0.3) is 5.91 Å². The van der Waals surface area contributed by atoms with Gasteiger partial charge in [0, 0.05) is 18.5 Å². The summed E-state index contributed by atoms with van der Waals surface area (Å²) in [6.45, 7) is 2.53. The molecule has 5 rings (SSSR count). The van der Waals surface area contributed by atoms with E-state index in [0.29, 0.717) is 36.7 Å². The van der Waals surface area contributed by atoms with Crippen LogP contribution in [-0.4, -0.2) is 60.9 Å². The largest absolute Gasteiger partial charge is 0.389 e. The molecule has 3 heterocycles. The number of carbonyl (C=O) groups excluding carboxylic acids is 2. The maximum atomic E-state index is 12.6. The smallest absolute Gasteiger partial charge is 0.269 e. The van der Waals surface area contributed by atoms with Crippen molar-refractivity contribution in [3.8, 4) is 0 Å². The van der Waals surface area contributed by atoms with Crippen LogP contribution in [0.25, 0.3) is 0 Å². The van der Waals surface area contributed by atoms with E-state index in [1.54, 1.807) is 0 Å². The number of fused-ring (bicyclic) bond motifs is 2. The average Bonchev–Trinajstić information content (AvgIpc) is 3.24. The number of carbonyl (C=O) groups is 2. The number of rotatable bonds is 3. The Balaban J connectivity index is 1.24. The lowest BCUT2D eigenvalue weighted by Crippen LogP contribution is -2.38. The lowest BCUT2D eigenvalue weighted by atomic mass is 10.0. The van der Waals surface area contributed by atoms with Gasteiger partial charge in [-0.15, -0.1) is 0 Å². The fraction of sp³-hybridized carbons (Fsp3) is 0.800. The molecule has 1 unspecified atom stereocenters. The monoisotopic (exact) mass is 305 g/mol. The van der Waals surface area contributed by atoms with Crippen LogP contribution in [0.15, 0.2) is 5.16 Å². The van der Waals surface area contributed by atoms with E-state index >= 15 is 0 Å². The third-order valence-electron chi connectivity index (χ3n) is 5.60. The van der Waals surface area contributed by atoms with Crippen LogP contribution in [0.4, 0.5) is 0 Å². The fourth-order valence-electron chi connectivity index (χ4n) is 4.03. The van der Waals surface area contributed by atoms with E-state index in [1.807, 2.05) is 4.90 Å². The minimum atomic E-state index is -0.154. The molecule has 1 N–H and O–H groups in total. The molecular weight excluding hydrogens is 286 g/mol. The molecule has 118 valence electrons. The molecule has 0 radical (unpaired) electrons. The van der Waals surface area contributed by atoms with Crippen LogP contribution in [0.1, 0.15) is 12.8 Å². The van der Waals surface area contributed by atoms with Gasteiger partial charge in [-0.05, 0) is 24.7 Å². The molecule has 5 aliphatic rings. The van der Waals surface area contributed by atoms with Crippen molar-refractivity contribution in [1.29, 1.82) is 0 Å². The predicted octanol–water partition coefficient (Wildman–Crippen LogP) is -0.629. The van der Waals surface area contributed by atoms with Gasteiger partial charge in [-0.1, -0.05) is 5.16 Å². The molecule has 2 amide bonds. The SMILES string of the molecule is O=C(NC1CC1)C1=NO[C@@H]2CN(C(=O)C3[C@H]4COC[C@@H]34)C[C@H]12. The molecule has 0 aromatic carbocycles. The topological polar surface area (TPSA) is 80.2 Å². The van der Waals surface area contributed by atoms with Gasteiger partial charge in [-0.25, -0.2) is 0 Å². The highest BCUT2D eigenvalue weighted by Gasteiger charge is 2.60. The Bertz CT molecular complexity index is 563. The molecule has 5 atom stereocenters. The summed E-state index contributed by atoms with van der Waals surface area (Å²) in [5.74, 6) is 0.977. The van der Waals surface area contributed by atoms with Gasteiger partial charge in [-0.3, -0.25) is 9.59 Å². The Labute approximate surface area is 128 Å². The number of oxime groups is 1. The molecule has 0 aromatic rings. The molecule has 0 aromatic heterocycles. The first kappa shape index (κ1) is 12.9. The van der Waals surface area contributed by atoms with Crippen molar-refractivity contribution in [3.63, 3.8) is 0 Å². The minimum absolute atomic E-state index is 0.0717. The zero-order valence-corrected chi connectivity index (χ0v) is 12.2. The number of hydrogen-bond acceptors (Lipinski definition) is 5. The molecule has 2 saturated heterocycles. The van der Waals surface area contributed by atoms with Crippen molar-refractivity contribution in [3.05, 3.63) is 0 Å². The second-order valence-corrected chi connectivity index (χ2v) is 7.11. The van der Waals surface area contributed by atoms with E-state index in [4.69, 9.17) is 9.57 Å². The quantitative estimate of drug-likeness (QED) is 0.753. The number of nitrogens with one attached hydrogen (secondary N) is 1. The van der Waals surface area contributed by atoms with Crippen molar-refractivity contribution in [2.45, 2.75) is 25.0 Å². The third-order valence-corrected chi connectivity index (χ3v) is 5.60. The van der Waals surface area contributed by atoms with Gasteiger partial charge >= 0.3 is 0 Å². The minimum Gasteiger partial charge on any atom is -0.389 e. The van der Waals surface area contributed by atoms with Crippen molar-refractivity contribution >= 4 is 17.5 Å². The standard InChI is InChI=1S/C15H19N3O4/c19-14(16-7-1-2-7)13-8-3-18(4-11(8)22-17-13)15(20)12-9-5-21-6-10(9)12/h7-12H,1-6H2,(H,16,19)/t8-,9-,10+,11+,12?/m0/s1. The second-order valence-electron chi connectivity index (χ2n) is 7.11. The Morgan fingerprint density at radius 1 is 1.18 bits per heavy atom. The molecule has 7 heteroatoms. The summed E-state index contributed by atoms with van der Waals surface area (Å²) in [6, 6.07) is 0.305. The van der Waals surface area contributed by atoms with E-state index < -0.39 is 0 Å². The number of likely N-dealkylation sites (tertiary alicyclic amines) is 1.